The van der Waals surface area contributed by atoms with E-state index in [1.807, 2.05) is 42.5 Å². The maximum atomic E-state index is 5.31. The number of benzene rings is 2. The van der Waals surface area contributed by atoms with Crippen LogP contribution in [0.4, 0.5) is 10.8 Å². The van der Waals surface area contributed by atoms with Crippen LogP contribution in [-0.2, 0) is 0 Å². The zero-order chi connectivity index (χ0) is 12.4. The second-order valence-electron chi connectivity index (χ2n) is 3.81. The van der Waals surface area contributed by atoms with E-state index in [1.165, 1.54) is 4.70 Å². The number of hydrogen-bond acceptors (Lipinski definition) is 4. The minimum Gasteiger partial charge on any atom is -0.495 e. The number of para-hydroxylation sites is 3. The van der Waals surface area contributed by atoms with Crippen molar-refractivity contribution in [2.24, 2.45) is 0 Å². The number of fused-ring (bicyclic) bond motifs is 1. The number of nitrogens with one attached hydrogen (secondary N) is 1. The standard InChI is InChI=1S/C14H12N2OS/c1-17-12-8-4-2-6-10(12)15-14-16-11-7-3-5-9-13(11)18-14/h2-9H,1H3,(H,15,16). The Morgan fingerprint density at radius 2 is 1.83 bits per heavy atom. The van der Waals surface area contributed by atoms with Gasteiger partial charge < -0.3 is 10.1 Å². The SMILES string of the molecule is COc1ccccc1Nc1nc2ccccc2s1. The summed E-state index contributed by atoms with van der Waals surface area (Å²) in [7, 11) is 1.67. The summed E-state index contributed by atoms with van der Waals surface area (Å²) in [5.41, 5.74) is 1.94. The molecule has 3 aromatic rings. The summed E-state index contributed by atoms with van der Waals surface area (Å²) < 4.78 is 6.48. The van der Waals surface area contributed by atoms with E-state index in [1.54, 1.807) is 18.4 Å². The van der Waals surface area contributed by atoms with Crippen molar-refractivity contribution >= 4 is 32.4 Å². The average Bonchev–Trinajstić information content (AvgIpc) is 2.81. The molecule has 2 aromatic carbocycles. The number of methoxy groups -OCH3 is 1. The second-order valence-corrected chi connectivity index (χ2v) is 4.84. The van der Waals surface area contributed by atoms with Crippen LogP contribution < -0.4 is 10.1 Å². The Morgan fingerprint density at radius 3 is 2.67 bits per heavy atom. The molecule has 0 saturated heterocycles. The van der Waals surface area contributed by atoms with Crippen molar-refractivity contribution in [1.29, 1.82) is 0 Å². The molecule has 0 atom stereocenters. The predicted octanol–water partition coefficient (Wildman–Crippen LogP) is 4.05. The molecule has 0 aliphatic heterocycles. The Kier molecular flexibility index (Phi) is 2.86. The van der Waals surface area contributed by atoms with Gasteiger partial charge in [0.2, 0.25) is 0 Å². The summed E-state index contributed by atoms with van der Waals surface area (Å²) in [6, 6.07) is 15.9. The minimum atomic E-state index is 0.816. The van der Waals surface area contributed by atoms with E-state index in [0.717, 1.165) is 22.1 Å². The van der Waals surface area contributed by atoms with Crippen LogP contribution in [0.1, 0.15) is 0 Å². The molecule has 0 spiro atoms. The highest BCUT2D eigenvalue weighted by atomic mass is 32.1. The van der Waals surface area contributed by atoms with Crippen molar-refractivity contribution in [3.8, 4) is 5.75 Å². The first-order valence-electron chi connectivity index (χ1n) is 5.62. The van der Waals surface area contributed by atoms with Gasteiger partial charge in [0.25, 0.3) is 0 Å². The molecule has 1 heterocycles. The Bertz CT molecular complexity index is 645. The van der Waals surface area contributed by atoms with Crippen LogP contribution >= 0.6 is 11.3 Å². The number of anilines is 2. The molecule has 3 rings (SSSR count). The van der Waals surface area contributed by atoms with Crippen molar-refractivity contribution < 1.29 is 4.74 Å². The fraction of sp³-hybridized carbons (Fsp3) is 0.0714. The van der Waals surface area contributed by atoms with Crippen molar-refractivity contribution in [1.82, 2.24) is 4.98 Å². The molecule has 1 N–H and O–H groups in total. The van der Waals surface area contributed by atoms with Crippen LogP contribution in [0.15, 0.2) is 48.5 Å². The molecule has 3 nitrogen and oxygen atoms in total. The highest BCUT2D eigenvalue weighted by molar-refractivity contribution is 7.22. The molecule has 90 valence electrons. The van der Waals surface area contributed by atoms with Crippen molar-refractivity contribution in [3.05, 3.63) is 48.5 Å². The van der Waals surface area contributed by atoms with Gasteiger partial charge in [-0.25, -0.2) is 4.98 Å². The second kappa shape index (κ2) is 4.66. The van der Waals surface area contributed by atoms with Crippen LogP contribution in [0.25, 0.3) is 10.2 Å². The normalized spacial score (nSPS) is 10.5. The molecule has 0 radical (unpaired) electrons. The minimum absolute atomic E-state index is 0.816. The van der Waals surface area contributed by atoms with E-state index < -0.39 is 0 Å². The van der Waals surface area contributed by atoms with E-state index in [4.69, 9.17) is 4.74 Å². The molecule has 4 heteroatoms. The highest BCUT2D eigenvalue weighted by Gasteiger charge is 2.06. The van der Waals surface area contributed by atoms with Crippen molar-refractivity contribution in [3.63, 3.8) is 0 Å². The molecular weight excluding hydrogens is 244 g/mol. The third kappa shape index (κ3) is 2.02. The first-order chi connectivity index (χ1) is 8.86. The Hall–Kier alpha value is -2.07. The van der Waals surface area contributed by atoms with E-state index in [-0.39, 0.29) is 0 Å². The molecule has 0 amide bonds. The summed E-state index contributed by atoms with van der Waals surface area (Å²) in [6.07, 6.45) is 0. The van der Waals surface area contributed by atoms with Gasteiger partial charge in [-0.1, -0.05) is 35.6 Å². The lowest BCUT2D eigenvalue weighted by Gasteiger charge is -2.07. The number of ether oxygens (including phenoxy) is 1. The lowest BCUT2D eigenvalue weighted by Crippen LogP contribution is -1.93. The zero-order valence-electron chi connectivity index (χ0n) is 9.88. The van der Waals surface area contributed by atoms with Gasteiger partial charge >= 0.3 is 0 Å². The van der Waals surface area contributed by atoms with Gasteiger partial charge in [0.05, 0.1) is 23.0 Å². The van der Waals surface area contributed by atoms with Crippen LogP contribution in [0.5, 0.6) is 5.75 Å². The fourth-order valence-electron chi connectivity index (χ4n) is 1.79. The number of rotatable bonds is 3. The number of aromatic nitrogens is 1. The Labute approximate surface area is 109 Å². The van der Waals surface area contributed by atoms with Gasteiger partial charge in [-0.2, -0.15) is 0 Å². The Morgan fingerprint density at radius 1 is 1.06 bits per heavy atom. The monoisotopic (exact) mass is 256 g/mol. The van der Waals surface area contributed by atoms with Gasteiger partial charge in [-0.15, -0.1) is 0 Å². The van der Waals surface area contributed by atoms with E-state index in [0.29, 0.717) is 0 Å². The van der Waals surface area contributed by atoms with Gasteiger partial charge in [0, 0.05) is 0 Å². The maximum absolute atomic E-state index is 5.31. The smallest absolute Gasteiger partial charge is 0.188 e. The Balaban J connectivity index is 1.96. The van der Waals surface area contributed by atoms with Crippen LogP contribution in [0.3, 0.4) is 0 Å². The first-order valence-corrected chi connectivity index (χ1v) is 6.44. The number of nitrogens with zero attached hydrogens (tertiary/aromatic N) is 1. The van der Waals surface area contributed by atoms with E-state index in [9.17, 15) is 0 Å². The first kappa shape index (κ1) is 11.0. The van der Waals surface area contributed by atoms with Crippen LogP contribution in [-0.4, -0.2) is 12.1 Å². The summed E-state index contributed by atoms with van der Waals surface area (Å²) >= 11 is 1.63. The third-order valence-electron chi connectivity index (χ3n) is 2.64. The fourth-order valence-corrected chi connectivity index (χ4v) is 2.67. The molecule has 0 fully saturated rings. The highest BCUT2D eigenvalue weighted by Crippen LogP contribution is 2.31. The van der Waals surface area contributed by atoms with Crippen molar-refractivity contribution in [2.75, 3.05) is 12.4 Å². The predicted molar refractivity (Wildman–Crippen MR) is 75.9 cm³/mol. The molecule has 0 saturated carbocycles. The topological polar surface area (TPSA) is 34.1 Å². The lowest BCUT2D eigenvalue weighted by molar-refractivity contribution is 0.417. The van der Waals surface area contributed by atoms with E-state index in [2.05, 4.69) is 16.4 Å². The molecule has 0 unspecified atom stereocenters. The molecule has 0 bridgehead atoms. The number of hydrogen-bond donors (Lipinski definition) is 1. The van der Waals surface area contributed by atoms with Crippen LogP contribution in [0.2, 0.25) is 0 Å². The lowest BCUT2D eigenvalue weighted by atomic mass is 10.3. The maximum Gasteiger partial charge on any atom is 0.188 e. The summed E-state index contributed by atoms with van der Waals surface area (Å²) in [4.78, 5) is 4.54. The molecular formula is C14H12N2OS. The van der Waals surface area contributed by atoms with Gasteiger partial charge in [-0.05, 0) is 24.3 Å². The van der Waals surface area contributed by atoms with Gasteiger partial charge in [0.1, 0.15) is 5.75 Å². The number of thiazole rings is 1. The molecule has 0 aliphatic carbocycles. The quantitative estimate of drug-likeness (QED) is 0.767. The zero-order valence-corrected chi connectivity index (χ0v) is 10.7. The summed E-state index contributed by atoms with van der Waals surface area (Å²) in [6.45, 7) is 0. The largest absolute Gasteiger partial charge is 0.495 e. The van der Waals surface area contributed by atoms with Gasteiger partial charge in [-0.3, -0.25) is 0 Å². The van der Waals surface area contributed by atoms with E-state index >= 15 is 0 Å². The average molecular weight is 256 g/mol. The summed E-state index contributed by atoms with van der Waals surface area (Å²) in [5, 5.41) is 4.17. The van der Waals surface area contributed by atoms with Gasteiger partial charge in [0.15, 0.2) is 5.13 Å². The third-order valence-corrected chi connectivity index (χ3v) is 3.59. The summed E-state index contributed by atoms with van der Waals surface area (Å²) in [5.74, 6) is 0.816. The van der Waals surface area contributed by atoms with Crippen molar-refractivity contribution in [2.45, 2.75) is 0 Å². The molecule has 1 aromatic heterocycles. The van der Waals surface area contributed by atoms with Crippen LogP contribution in [0, 0.1) is 0 Å². The molecule has 18 heavy (non-hydrogen) atoms. The molecule has 0 aliphatic rings.